The summed E-state index contributed by atoms with van der Waals surface area (Å²) in [6.07, 6.45) is 0. The van der Waals surface area contributed by atoms with Gasteiger partial charge in [0.2, 0.25) is 0 Å². The van der Waals surface area contributed by atoms with Crippen LogP contribution in [0, 0.1) is 0 Å². The summed E-state index contributed by atoms with van der Waals surface area (Å²) < 4.78 is 5.49. The van der Waals surface area contributed by atoms with Crippen LogP contribution in [0.3, 0.4) is 0 Å². The quantitative estimate of drug-likeness (QED) is 0.895. The Morgan fingerprint density at radius 1 is 1.26 bits per heavy atom. The van der Waals surface area contributed by atoms with Gasteiger partial charge in [0, 0.05) is 31.4 Å². The summed E-state index contributed by atoms with van der Waals surface area (Å²) >= 11 is 0. The van der Waals surface area contributed by atoms with Crippen LogP contribution >= 0.6 is 0 Å². The highest BCUT2D eigenvalue weighted by molar-refractivity contribution is 5.50. The molecule has 2 rings (SSSR count). The number of ether oxygens (including phenoxy) is 1. The Bertz CT molecular complexity index is 393. The Kier molecular flexibility index (Phi) is 4.66. The van der Waals surface area contributed by atoms with E-state index in [1.54, 1.807) is 0 Å². The molecule has 0 radical (unpaired) electrons. The highest BCUT2D eigenvalue weighted by Crippen LogP contribution is 2.24. The molecular weight excluding hydrogens is 238 g/mol. The van der Waals surface area contributed by atoms with Crippen LogP contribution in [-0.2, 0) is 0 Å². The maximum atomic E-state index is 5.92. The molecule has 4 heteroatoms. The predicted octanol–water partition coefficient (Wildman–Crippen LogP) is 1.55. The predicted molar refractivity (Wildman–Crippen MR) is 79.9 cm³/mol. The molecule has 106 valence electrons. The number of piperazine rings is 1. The number of likely N-dealkylation sites (N-methyl/N-ethyl adjacent to an activating group) is 1. The van der Waals surface area contributed by atoms with Gasteiger partial charge in [0.1, 0.15) is 5.75 Å². The molecular formula is C15H25N3O. The minimum Gasteiger partial charge on any atom is -0.494 e. The van der Waals surface area contributed by atoms with Gasteiger partial charge in [-0.25, -0.2) is 0 Å². The van der Waals surface area contributed by atoms with Crippen molar-refractivity contribution in [3.8, 4) is 5.75 Å². The van der Waals surface area contributed by atoms with Crippen molar-refractivity contribution >= 4 is 5.69 Å². The maximum Gasteiger partial charge on any atom is 0.119 e. The van der Waals surface area contributed by atoms with Crippen LogP contribution in [0.15, 0.2) is 24.3 Å². The molecule has 0 aliphatic carbocycles. The smallest absolute Gasteiger partial charge is 0.119 e. The van der Waals surface area contributed by atoms with Crippen LogP contribution in [0.4, 0.5) is 5.69 Å². The van der Waals surface area contributed by atoms with Crippen molar-refractivity contribution in [1.82, 2.24) is 4.90 Å². The second-order valence-electron chi connectivity index (χ2n) is 5.26. The first-order chi connectivity index (χ1) is 9.15. The van der Waals surface area contributed by atoms with Gasteiger partial charge in [0.15, 0.2) is 0 Å². The molecule has 0 spiro atoms. The molecule has 1 fully saturated rings. The average Bonchev–Trinajstić information content (AvgIpc) is 2.43. The van der Waals surface area contributed by atoms with Crippen molar-refractivity contribution in [2.24, 2.45) is 5.73 Å². The number of nitrogens with zero attached hydrogens (tertiary/aromatic N) is 2. The molecule has 0 saturated carbocycles. The van der Waals surface area contributed by atoms with E-state index in [0.29, 0.717) is 25.2 Å². The van der Waals surface area contributed by atoms with Crippen molar-refractivity contribution in [2.75, 3.05) is 38.2 Å². The molecule has 2 unspecified atom stereocenters. The van der Waals surface area contributed by atoms with Gasteiger partial charge in [-0.2, -0.15) is 0 Å². The molecule has 1 aliphatic heterocycles. The van der Waals surface area contributed by atoms with Crippen LogP contribution in [0.1, 0.15) is 13.8 Å². The Morgan fingerprint density at radius 3 is 2.53 bits per heavy atom. The van der Waals surface area contributed by atoms with E-state index >= 15 is 0 Å². The Hall–Kier alpha value is -1.26. The SMILES string of the molecule is CCOc1ccc(N2CC(C)N(C)CC2CN)cc1. The highest BCUT2D eigenvalue weighted by atomic mass is 16.5. The van der Waals surface area contributed by atoms with Crippen LogP contribution in [0.25, 0.3) is 0 Å². The van der Waals surface area contributed by atoms with E-state index in [4.69, 9.17) is 10.5 Å². The fraction of sp³-hybridized carbons (Fsp3) is 0.600. The third kappa shape index (κ3) is 3.19. The molecule has 19 heavy (non-hydrogen) atoms. The lowest BCUT2D eigenvalue weighted by molar-refractivity contribution is 0.202. The molecule has 0 aromatic heterocycles. The summed E-state index contributed by atoms with van der Waals surface area (Å²) in [5, 5.41) is 0. The van der Waals surface area contributed by atoms with Crippen LogP contribution < -0.4 is 15.4 Å². The summed E-state index contributed by atoms with van der Waals surface area (Å²) in [5.41, 5.74) is 7.16. The zero-order valence-electron chi connectivity index (χ0n) is 12.2. The summed E-state index contributed by atoms with van der Waals surface area (Å²) in [6.45, 7) is 7.69. The lowest BCUT2D eigenvalue weighted by atomic mass is 10.1. The Balaban J connectivity index is 2.14. The van der Waals surface area contributed by atoms with Crippen molar-refractivity contribution in [3.63, 3.8) is 0 Å². The molecule has 1 aromatic carbocycles. The summed E-state index contributed by atoms with van der Waals surface area (Å²) in [4.78, 5) is 4.79. The standard InChI is InChI=1S/C15H25N3O/c1-4-19-15-7-5-13(6-8-15)18-10-12(2)17(3)11-14(18)9-16/h5-8,12,14H,4,9-11,16H2,1-3H3. The highest BCUT2D eigenvalue weighted by Gasteiger charge is 2.28. The van der Waals surface area contributed by atoms with E-state index in [-0.39, 0.29) is 0 Å². The molecule has 4 nitrogen and oxygen atoms in total. The monoisotopic (exact) mass is 263 g/mol. The molecule has 2 N–H and O–H groups in total. The van der Waals surface area contributed by atoms with Crippen LogP contribution in [0.2, 0.25) is 0 Å². The van der Waals surface area contributed by atoms with Gasteiger partial charge in [-0.3, -0.25) is 4.90 Å². The van der Waals surface area contributed by atoms with Gasteiger partial charge in [-0.15, -0.1) is 0 Å². The van der Waals surface area contributed by atoms with E-state index in [1.807, 2.05) is 19.1 Å². The second-order valence-corrected chi connectivity index (χ2v) is 5.26. The van der Waals surface area contributed by atoms with E-state index < -0.39 is 0 Å². The van der Waals surface area contributed by atoms with Gasteiger partial charge in [0.05, 0.1) is 12.6 Å². The van der Waals surface area contributed by atoms with Crippen LogP contribution in [0.5, 0.6) is 5.75 Å². The Morgan fingerprint density at radius 2 is 1.95 bits per heavy atom. The number of anilines is 1. The fourth-order valence-corrected chi connectivity index (χ4v) is 2.60. The molecule has 0 amide bonds. The van der Waals surface area contributed by atoms with E-state index in [0.717, 1.165) is 18.8 Å². The normalized spacial score (nSPS) is 24.5. The first kappa shape index (κ1) is 14.2. The van der Waals surface area contributed by atoms with Gasteiger partial charge in [-0.1, -0.05) is 0 Å². The van der Waals surface area contributed by atoms with Crippen molar-refractivity contribution in [3.05, 3.63) is 24.3 Å². The average molecular weight is 263 g/mol. The van der Waals surface area contributed by atoms with Gasteiger partial charge in [0.25, 0.3) is 0 Å². The first-order valence-corrected chi connectivity index (χ1v) is 7.05. The third-order valence-corrected chi connectivity index (χ3v) is 3.90. The zero-order chi connectivity index (χ0) is 13.8. The van der Waals surface area contributed by atoms with Gasteiger partial charge in [-0.05, 0) is 45.2 Å². The summed E-state index contributed by atoms with van der Waals surface area (Å²) in [6, 6.07) is 9.27. The third-order valence-electron chi connectivity index (χ3n) is 3.90. The number of nitrogens with two attached hydrogens (primary N) is 1. The van der Waals surface area contributed by atoms with Gasteiger partial charge < -0.3 is 15.4 Å². The molecule has 2 atom stereocenters. The van der Waals surface area contributed by atoms with E-state index in [1.165, 1.54) is 5.69 Å². The second kappa shape index (κ2) is 6.26. The molecule has 1 heterocycles. The minimum absolute atomic E-state index is 0.388. The summed E-state index contributed by atoms with van der Waals surface area (Å²) in [7, 11) is 2.17. The topological polar surface area (TPSA) is 41.7 Å². The lowest BCUT2D eigenvalue weighted by Crippen LogP contribution is -2.58. The van der Waals surface area contributed by atoms with Crippen molar-refractivity contribution in [1.29, 1.82) is 0 Å². The first-order valence-electron chi connectivity index (χ1n) is 7.05. The number of rotatable bonds is 4. The van der Waals surface area contributed by atoms with E-state index in [9.17, 15) is 0 Å². The molecule has 1 aromatic rings. The summed E-state index contributed by atoms with van der Waals surface area (Å²) in [5.74, 6) is 0.928. The minimum atomic E-state index is 0.388. The lowest BCUT2D eigenvalue weighted by Gasteiger charge is -2.44. The van der Waals surface area contributed by atoms with Gasteiger partial charge >= 0.3 is 0 Å². The molecule has 1 aliphatic rings. The zero-order valence-corrected chi connectivity index (χ0v) is 12.2. The fourth-order valence-electron chi connectivity index (χ4n) is 2.60. The van der Waals surface area contributed by atoms with Crippen molar-refractivity contribution < 1.29 is 4.74 Å². The number of hydrogen-bond donors (Lipinski definition) is 1. The van der Waals surface area contributed by atoms with E-state index in [2.05, 4.69) is 35.9 Å². The Labute approximate surface area is 116 Å². The molecule has 0 bridgehead atoms. The molecule has 1 saturated heterocycles. The number of hydrogen-bond acceptors (Lipinski definition) is 4. The largest absolute Gasteiger partial charge is 0.494 e. The number of benzene rings is 1. The maximum absolute atomic E-state index is 5.92. The van der Waals surface area contributed by atoms with Crippen LogP contribution in [-0.4, -0.2) is 50.3 Å². The van der Waals surface area contributed by atoms with Crippen molar-refractivity contribution in [2.45, 2.75) is 25.9 Å².